The molecule has 0 bridgehead atoms. The van der Waals surface area contributed by atoms with Gasteiger partial charge in [-0.15, -0.1) is 0 Å². The first kappa shape index (κ1) is 16.0. The van der Waals surface area contributed by atoms with Gasteiger partial charge >= 0.3 is 0 Å². The normalized spacial score (nSPS) is 16.6. The molecule has 0 amide bonds. The summed E-state index contributed by atoms with van der Waals surface area (Å²) < 4.78 is 28.6. The number of hydrogen-bond donors (Lipinski definition) is 0. The van der Waals surface area contributed by atoms with E-state index in [1.54, 1.807) is 0 Å². The van der Waals surface area contributed by atoms with E-state index >= 15 is 0 Å². The predicted molar refractivity (Wildman–Crippen MR) is 78.2 cm³/mol. The van der Waals surface area contributed by atoms with Gasteiger partial charge in [-0.05, 0) is 24.8 Å². The molecule has 116 valence electrons. The molecule has 0 unspecified atom stereocenters. The molecular weight excluding hydrogens is 318 g/mol. The van der Waals surface area contributed by atoms with Crippen molar-refractivity contribution >= 4 is 25.4 Å². The molecule has 1 aliphatic carbocycles. The van der Waals surface area contributed by atoms with Crippen molar-refractivity contribution in [3.63, 3.8) is 0 Å². The number of benzene rings is 1. The number of hydrogen-bond acceptors (Lipinski definition) is 5. The van der Waals surface area contributed by atoms with E-state index < -0.39 is 14.0 Å². The fourth-order valence-electron chi connectivity index (χ4n) is 2.48. The van der Waals surface area contributed by atoms with Gasteiger partial charge < -0.3 is 4.74 Å². The zero-order valence-corrected chi connectivity index (χ0v) is 12.9. The largest absolute Gasteiger partial charge is 0.492 e. The first-order chi connectivity index (χ1) is 9.88. The molecule has 1 aromatic carbocycles. The van der Waals surface area contributed by atoms with Crippen LogP contribution in [0.1, 0.15) is 32.1 Å². The van der Waals surface area contributed by atoms with Gasteiger partial charge in [0.2, 0.25) is 0 Å². The van der Waals surface area contributed by atoms with E-state index in [9.17, 15) is 18.5 Å². The van der Waals surface area contributed by atoms with Crippen molar-refractivity contribution in [2.24, 2.45) is 5.92 Å². The summed E-state index contributed by atoms with van der Waals surface area (Å²) in [7, 11) is 1.23. The SMILES string of the molecule is O=[N+]([O-])c1ccc(OCC2CCCCC2)c(S(=O)(=O)Cl)c1. The van der Waals surface area contributed by atoms with Crippen LogP contribution in [0.25, 0.3) is 0 Å². The number of halogens is 1. The fourth-order valence-corrected chi connectivity index (χ4v) is 3.47. The van der Waals surface area contributed by atoms with Crippen LogP contribution < -0.4 is 4.74 Å². The summed E-state index contributed by atoms with van der Waals surface area (Å²) in [5, 5.41) is 10.7. The van der Waals surface area contributed by atoms with Crippen LogP contribution in [0.3, 0.4) is 0 Å². The van der Waals surface area contributed by atoms with Crippen LogP contribution in [0, 0.1) is 16.0 Å². The van der Waals surface area contributed by atoms with Gasteiger partial charge in [-0.25, -0.2) is 8.42 Å². The smallest absolute Gasteiger partial charge is 0.271 e. The molecule has 8 heteroatoms. The zero-order chi connectivity index (χ0) is 15.5. The van der Waals surface area contributed by atoms with E-state index in [4.69, 9.17) is 15.4 Å². The van der Waals surface area contributed by atoms with Gasteiger partial charge in [-0.3, -0.25) is 10.1 Å². The number of ether oxygens (including phenoxy) is 1. The number of nitro benzene ring substituents is 1. The summed E-state index contributed by atoms with van der Waals surface area (Å²) in [4.78, 5) is 9.70. The molecule has 0 radical (unpaired) electrons. The molecule has 0 N–H and O–H groups in total. The van der Waals surface area contributed by atoms with Crippen LogP contribution in [-0.4, -0.2) is 19.9 Å². The number of non-ortho nitro benzene ring substituents is 1. The Morgan fingerprint density at radius 3 is 2.52 bits per heavy atom. The van der Waals surface area contributed by atoms with Crippen molar-refractivity contribution in [1.82, 2.24) is 0 Å². The highest BCUT2D eigenvalue weighted by Gasteiger charge is 2.22. The number of rotatable bonds is 5. The summed E-state index contributed by atoms with van der Waals surface area (Å²) in [6.07, 6.45) is 5.62. The van der Waals surface area contributed by atoms with E-state index in [0.717, 1.165) is 31.7 Å². The third-order valence-electron chi connectivity index (χ3n) is 3.60. The van der Waals surface area contributed by atoms with Crippen molar-refractivity contribution in [2.75, 3.05) is 6.61 Å². The molecule has 1 fully saturated rings. The Balaban J connectivity index is 2.19. The predicted octanol–water partition coefficient (Wildman–Crippen LogP) is 3.48. The standard InChI is InChI=1S/C13H16ClNO5S/c14-21(18,19)13-8-11(15(16)17)6-7-12(13)20-9-10-4-2-1-3-5-10/h6-8,10H,1-5,9H2. The monoisotopic (exact) mass is 333 g/mol. The van der Waals surface area contributed by atoms with Crippen LogP contribution in [0.2, 0.25) is 0 Å². The zero-order valence-electron chi connectivity index (χ0n) is 11.3. The van der Waals surface area contributed by atoms with Crippen LogP contribution in [-0.2, 0) is 9.05 Å². The van der Waals surface area contributed by atoms with Crippen molar-refractivity contribution in [1.29, 1.82) is 0 Å². The summed E-state index contributed by atoms with van der Waals surface area (Å²) >= 11 is 0. The molecule has 0 atom stereocenters. The molecule has 2 rings (SSSR count). The van der Waals surface area contributed by atoms with E-state index in [0.29, 0.717) is 12.5 Å². The van der Waals surface area contributed by atoms with E-state index in [1.165, 1.54) is 18.6 Å². The van der Waals surface area contributed by atoms with Gasteiger partial charge in [-0.2, -0.15) is 0 Å². The van der Waals surface area contributed by atoms with E-state index in [1.807, 2.05) is 0 Å². The van der Waals surface area contributed by atoms with Crippen molar-refractivity contribution in [3.05, 3.63) is 28.3 Å². The topological polar surface area (TPSA) is 86.5 Å². The summed E-state index contributed by atoms with van der Waals surface area (Å²) in [6.45, 7) is 0.400. The van der Waals surface area contributed by atoms with Crippen LogP contribution in [0.4, 0.5) is 5.69 Å². The molecule has 1 aliphatic rings. The maximum Gasteiger partial charge on any atom is 0.271 e. The Hall–Kier alpha value is -1.34. The quantitative estimate of drug-likeness (QED) is 0.467. The first-order valence-electron chi connectivity index (χ1n) is 6.74. The lowest BCUT2D eigenvalue weighted by Crippen LogP contribution is -2.16. The molecular formula is C13H16ClNO5S. The first-order valence-corrected chi connectivity index (χ1v) is 9.05. The maximum absolute atomic E-state index is 11.5. The van der Waals surface area contributed by atoms with Crippen LogP contribution >= 0.6 is 10.7 Å². The molecule has 0 aromatic heterocycles. The van der Waals surface area contributed by atoms with Crippen molar-refractivity contribution in [2.45, 2.75) is 37.0 Å². The van der Waals surface area contributed by atoms with Crippen LogP contribution in [0.5, 0.6) is 5.75 Å². The highest BCUT2D eigenvalue weighted by atomic mass is 35.7. The Bertz CT molecular complexity index is 625. The Morgan fingerprint density at radius 1 is 1.29 bits per heavy atom. The number of nitrogens with zero attached hydrogens (tertiary/aromatic N) is 1. The van der Waals surface area contributed by atoms with Crippen molar-refractivity contribution < 1.29 is 18.1 Å². The molecule has 0 heterocycles. The second-order valence-corrected chi connectivity index (χ2v) is 7.68. The number of nitro groups is 1. The average Bonchev–Trinajstić information content (AvgIpc) is 2.45. The average molecular weight is 334 g/mol. The second kappa shape index (κ2) is 6.62. The van der Waals surface area contributed by atoms with Crippen LogP contribution in [0.15, 0.2) is 23.1 Å². The third kappa shape index (κ3) is 4.31. The molecule has 1 saturated carbocycles. The van der Waals surface area contributed by atoms with Crippen molar-refractivity contribution in [3.8, 4) is 5.75 Å². The summed E-state index contributed by atoms with van der Waals surface area (Å²) in [5.74, 6) is 0.459. The van der Waals surface area contributed by atoms with E-state index in [-0.39, 0.29) is 16.3 Å². The molecule has 6 nitrogen and oxygen atoms in total. The lowest BCUT2D eigenvalue weighted by atomic mass is 9.90. The minimum absolute atomic E-state index is 0.0705. The Kier molecular flexibility index (Phi) is 5.05. The van der Waals surface area contributed by atoms with Gasteiger partial charge in [-0.1, -0.05) is 19.3 Å². The third-order valence-corrected chi connectivity index (χ3v) is 4.94. The summed E-state index contributed by atoms with van der Waals surface area (Å²) in [6, 6.07) is 3.43. The lowest BCUT2D eigenvalue weighted by Gasteiger charge is -2.22. The maximum atomic E-state index is 11.5. The van der Waals surface area contributed by atoms with Gasteiger partial charge in [0.25, 0.3) is 14.7 Å². The molecule has 0 saturated heterocycles. The minimum Gasteiger partial charge on any atom is -0.492 e. The Labute approximate surface area is 127 Å². The van der Waals surface area contributed by atoms with Gasteiger partial charge in [0.05, 0.1) is 11.5 Å². The molecule has 1 aromatic rings. The molecule has 21 heavy (non-hydrogen) atoms. The highest BCUT2D eigenvalue weighted by molar-refractivity contribution is 8.13. The minimum atomic E-state index is -4.10. The fraction of sp³-hybridized carbons (Fsp3) is 0.538. The second-order valence-electron chi connectivity index (χ2n) is 5.14. The molecule has 0 spiro atoms. The molecule has 0 aliphatic heterocycles. The van der Waals surface area contributed by atoms with Gasteiger partial charge in [0.1, 0.15) is 10.6 Å². The van der Waals surface area contributed by atoms with Gasteiger partial charge in [0, 0.05) is 22.8 Å². The highest BCUT2D eigenvalue weighted by Crippen LogP contribution is 2.32. The summed E-state index contributed by atoms with van der Waals surface area (Å²) in [5.41, 5.74) is -0.334. The lowest BCUT2D eigenvalue weighted by molar-refractivity contribution is -0.385. The van der Waals surface area contributed by atoms with E-state index in [2.05, 4.69) is 0 Å². The van der Waals surface area contributed by atoms with Gasteiger partial charge in [0.15, 0.2) is 0 Å². The Morgan fingerprint density at radius 2 is 1.95 bits per heavy atom.